The summed E-state index contributed by atoms with van der Waals surface area (Å²) in [6.07, 6.45) is 2.76. The molecule has 108 valence electrons. The molecule has 21 heavy (non-hydrogen) atoms. The highest BCUT2D eigenvalue weighted by atomic mass is 19.1. The molecule has 1 N–H and O–H groups in total. The maximum Gasteiger partial charge on any atom is 0.244 e. The van der Waals surface area contributed by atoms with E-state index in [2.05, 4.69) is 17.5 Å². The minimum atomic E-state index is -0.312. The van der Waals surface area contributed by atoms with E-state index in [0.717, 1.165) is 17.5 Å². The number of aryl methyl sites for hydroxylation is 1. The second-order valence-corrected chi connectivity index (χ2v) is 4.69. The summed E-state index contributed by atoms with van der Waals surface area (Å²) in [5, 5.41) is 3.91. The van der Waals surface area contributed by atoms with E-state index in [1.54, 1.807) is 18.3 Å². The third kappa shape index (κ3) is 4.84. The zero-order valence-corrected chi connectivity index (χ0v) is 11.8. The Hall–Kier alpha value is -2.49. The molecule has 0 unspecified atom stereocenters. The molecule has 0 saturated carbocycles. The van der Waals surface area contributed by atoms with Crippen molar-refractivity contribution in [2.75, 3.05) is 0 Å². The molecule has 0 bridgehead atoms. The van der Waals surface area contributed by atoms with Crippen LogP contribution in [0.5, 0.6) is 0 Å². The lowest BCUT2D eigenvalue weighted by Gasteiger charge is -2.01. The normalized spacial score (nSPS) is 10.8. The molecule has 0 fully saturated rings. The number of benzene rings is 2. The monoisotopic (exact) mass is 284 g/mol. The summed E-state index contributed by atoms with van der Waals surface area (Å²) in [6.45, 7) is 2.10. The van der Waals surface area contributed by atoms with Crippen molar-refractivity contribution in [2.24, 2.45) is 5.10 Å². The van der Waals surface area contributed by atoms with E-state index in [1.807, 2.05) is 24.3 Å². The van der Waals surface area contributed by atoms with Gasteiger partial charge < -0.3 is 0 Å². The Morgan fingerprint density at radius 2 is 1.71 bits per heavy atom. The van der Waals surface area contributed by atoms with Gasteiger partial charge in [-0.1, -0.05) is 43.3 Å². The topological polar surface area (TPSA) is 41.5 Å². The second-order valence-electron chi connectivity index (χ2n) is 4.69. The number of carbonyl (C=O) groups is 1. The molecule has 0 aliphatic carbocycles. The van der Waals surface area contributed by atoms with Gasteiger partial charge in [-0.05, 0) is 35.2 Å². The number of hydrogen-bond acceptors (Lipinski definition) is 2. The molecule has 2 rings (SSSR count). The number of hydrazone groups is 1. The van der Waals surface area contributed by atoms with Crippen LogP contribution < -0.4 is 5.43 Å². The fourth-order valence-electron chi connectivity index (χ4n) is 1.85. The molecule has 0 saturated heterocycles. The molecule has 0 heterocycles. The van der Waals surface area contributed by atoms with E-state index in [0.29, 0.717) is 0 Å². The van der Waals surface area contributed by atoms with Gasteiger partial charge in [0.05, 0.1) is 12.6 Å². The first-order valence-electron chi connectivity index (χ1n) is 6.82. The molecule has 0 spiro atoms. The second kappa shape index (κ2) is 7.33. The summed E-state index contributed by atoms with van der Waals surface area (Å²) in [5.41, 5.74) is 5.39. The van der Waals surface area contributed by atoms with Gasteiger partial charge in [0.2, 0.25) is 5.91 Å². The lowest BCUT2D eigenvalue weighted by molar-refractivity contribution is -0.120. The number of halogens is 1. The Balaban J connectivity index is 1.85. The quantitative estimate of drug-likeness (QED) is 0.665. The Morgan fingerprint density at radius 3 is 2.33 bits per heavy atom. The maximum absolute atomic E-state index is 12.7. The van der Waals surface area contributed by atoms with E-state index < -0.39 is 0 Å². The zero-order chi connectivity index (χ0) is 15.1. The number of amides is 1. The van der Waals surface area contributed by atoms with E-state index in [4.69, 9.17) is 0 Å². The molecule has 2 aromatic rings. The maximum atomic E-state index is 12.7. The van der Waals surface area contributed by atoms with Crippen molar-refractivity contribution in [3.63, 3.8) is 0 Å². The number of nitrogens with one attached hydrogen (secondary N) is 1. The lowest BCUT2D eigenvalue weighted by atomic mass is 10.1. The van der Waals surface area contributed by atoms with Crippen LogP contribution in [0.3, 0.4) is 0 Å². The largest absolute Gasteiger partial charge is 0.273 e. The van der Waals surface area contributed by atoms with Crippen LogP contribution in [0.25, 0.3) is 0 Å². The van der Waals surface area contributed by atoms with Gasteiger partial charge >= 0.3 is 0 Å². The highest BCUT2D eigenvalue weighted by Gasteiger charge is 2.01. The average Bonchev–Trinajstić information content (AvgIpc) is 2.50. The molecule has 0 radical (unpaired) electrons. The SMILES string of the molecule is CCc1ccc(/C=N/NC(=O)Cc2ccc(F)cc2)cc1. The van der Waals surface area contributed by atoms with Crippen molar-refractivity contribution in [1.29, 1.82) is 0 Å². The number of nitrogens with zero attached hydrogens (tertiary/aromatic N) is 1. The first-order valence-corrected chi connectivity index (χ1v) is 6.82. The summed E-state index contributed by atoms with van der Waals surface area (Å²) in [7, 11) is 0. The van der Waals surface area contributed by atoms with Gasteiger partial charge in [0.1, 0.15) is 5.82 Å². The standard InChI is InChI=1S/C17H17FN2O/c1-2-13-3-5-15(6-4-13)12-19-20-17(21)11-14-7-9-16(18)10-8-14/h3-10,12H,2,11H2,1H3,(H,20,21)/b19-12+. The predicted octanol–water partition coefficient (Wildman–Crippen LogP) is 3.08. The average molecular weight is 284 g/mol. The van der Waals surface area contributed by atoms with Crippen LogP contribution >= 0.6 is 0 Å². The van der Waals surface area contributed by atoms with Crippen LogP contribution in [-0.2, 0) is 17.6 Å². The van der Waals surface area contributed by atoms with Crippen LogP contribution in [0.2, 0.25) is 0 Å². The van der Waals surface area contributed by atoms with Crippen LogP contribution in [0.1, 0.15) is 23.6 Å². The van der Waals surface area contributed by atoms with Crippen molar-refractivity contribution in [2.45, 2.75) is 19.8 Å². The van der Waals surface area contributed by atoms with Crippen molar-refractivity contribution in [1.82, 2.24) is 5.43 Å². The van der Waals surface area contributed by atoms with Crippen molar-refractivity contribution < 1.29 is 9.18 Å². The molecule has 0 aromatic heterocycles. The van der Waals surface area contributed by atoms with Crippen molar-refractivity contribution in [3.05, 3.63) is 71.0 Å². The van der Waals surface area contributed by atoms with Crippen molar-refractivity contribution in [3.8, 4) is 0 Å². The molecular formula is C17H17FN2O. The van der Waals surface area contributed by atoms with Crippen LogP contribution in [-0.4, -0.2) is 12.1 Å². The first kappa shape index (κ1) is 14.9. The molecule has 0 aliphatic rings. The smallest absolute Gasteiger partial charge is 0.244 e. The van der Waals surface area contributed by atoms with E-state index >= 15 is 0 Å². The van der Waals surface area contributed by atoms with Gasteiger partial charge in [-0.25, -0.2) is 9.82 Å². The van der Waals surface area contributed by atoms with Gasteiger partial charge in [-0.2, -0.15) is 5.10 Å². The third-order valence-electron chi connectivity index (χ3n) is 3.07. The Morgan fingerprint density at radius 1 is 1.10 bits per heavy atom. The number of carbonyl (C=O) groups excluding carboxylic acids is 1. The van der Waals surface area contributed by atoms with Gasteiger partial charge in [0, 0.05) is 0 Å². The summed E-state index contributed by atoms with van der Waals surface area (Å²) >= 11 is 0. The summed E-state index contributed by atoms with van der Waals surface area (Å²) in [6, 6.07) is 13.8. The minimum Gasteiger partial charge on any atom is -0.273 e. The molecule has 0 aliphatic heterocycles. The fraction of sp³-hybridized carbons (Fsp3) is 0.176. The van der Waals surface area contributed by atoms with Gasteiger partial charge in [0.25, 0.3) is 0 Å². The lowest BCUT2D eigenvalue weighted by Crippen LogP contribution is -2.19. The predicted molar refractivity (Wildman–Crippen MR) is 81.7 cm³/mol. The third-order valence-corrected chi connectivity index (χ3v) is 3.07. The Bertz CT molecular complexity index is 618. The molecule has 0 atom stereocenters. The van der Waals surface area contributed by atoms with Crippen molar-refractivity contribution >= 4 is 12.1 Å². The molecular weight excluding hydrogens is 267 g/mol. The van der Waals surface area contributed by atoms with E-state index in [9.17, 15) is 9.18 Å². The first-order chi connectivity index (χ1) is 10.2. The molecule has 1 amide bonds. The Kier molecular flexibility index (Phi) is 5.21. The minimum absolute atomic E-state index is 0.173. The zero-order valence-electron chi connectivity index (χ0n) is 11.8. The van der Waals surface area contributed by atoms with Gasteiger partial charge in [-0.15, -0.1) is 0 Å². The summed E-state index contributed by atoms with van der Waals surface area (Å²) in [5.74, 6) is -0.546. The Labute approximate surface area is 123 Å². The fourth-order valence-corrected chi connectivity index (χ4v) is 1.85. The van der Waals surface area contributed by atoms with E-state index in [-0.39, 0.29) is 18.1 Å². The van der Waals surface area contributed by atoms with Gasteiger partial charge in [-0.3, -0.25) is 4.79 Å². The molecule has 4 heteroatoms. The number of hydrogen-bond donors (Lipinski definition) is 1. The summed E-state index contributed by atoms with van der Waals surface area (Å²) in [4.78, 5) is 11.7. The van der Waals surface area contributed by atoms with Crippen LogP contribution in [0.15, 0.2) is 53.6 Å². The van der Waals surface area contributed by atoms with E-state index in [1.165, 1.54) is 17.7 Å². The highest BCUT2D eigenvalue weighted by molar-refractivity contribution is 5.83. The number of rotatable bonds is 5. The van der Waals surface area contributed by atoms with Crippen LogP contribution in [0, 0.1) is 5.82 Å². The molecule has 3 nitrogen and oxygen atoms in total. The summed E-state index contributed by atoms with van der Waals surface area (Å²) < 4.78 is 12.7. The highest BCUT2D eigenvalue weighted by Crippen LogP contribution is 2.04. The van der Waals surface area contributed by atoms with Crippen LogP contribution in [0.4, 0.5) is 4.39 Å². The molecule has 2 aromatic carbocycles. The van der Waals surface area contributed by atoms with Gasteiger partial charge in [0.15, 0.2) is 0 Å².